The minimum Gasteiger partial charge on any atom is -0.508 e. The van der Waals surface area contributed by atoms with Gasteiger partial charge in [-0.25, -0.2) is 23.5 Å². The number of allylic oxidation sites excluding steroid dienone is 6. The fourth-order valence-corrected chi connectivity index (χ4v) is 6.07. The molecule has 2 aliphatic carbocycles. The first-order chi connectivity index (χ1) is 16.3. The predicted molar refractivity (Wildman–Crippen MR) is 133 cm³/mol. The molecule has 0 unspecified atom stereocenters. The Morgan fingerprint density at radius 3 is 2.59 bits per heavy atom. The van der Waals surface area contributed by atoms with Crippen molar-refractivity contribution in [3.05, 3.63) is 95.4 Å². The zero-order valence-electron chi connectivity index (χ0n) is 18.0. The van der Waals surface area contributed by atoms with Gasteiger partial charge in [0.25, 0.3) is 0 Å². The molecular formula is C25H18IN3O5. The van der Waals surface area contributed by atoms with Crippen molar-refractivity contribution in [2.24, 2.45) is 7.05 Å². The third-order valence-electron chi connectivity index (χ3n) is 7.03. The second kappa shape index (κ2) is 7.26. The molecular weight excluding hydrogens is 549 g/mol. The molecule has 6 rings (SSSR count). The number of halogens is 1. The van der Waals surface area contributed by atoms with Gasteiger partial charge in [-0.3, -0.25) is 9.59 Å². The molecule has 0 saturated heterocycles. The molecule has 0 bridgehead atoms. The lowest BCUT2D eigenvalue weighted by molar-refractivity contribution is -0.115. The summed E-state index contributed by atoms with van der Waals surface area (Å²) in [7, 11) is 1.42. The number of aromatic nitrogens is 3. The van der Waals surface area contributed by atoms with Crippen molar-refractivity contribution in [1.29, 1.82) is 0 Å². The van der Waals surface area contributed by atoms with Crippen molar-refractivity contribution >= 4 is 44.9 Å². The number of phenols is 1. The largest absolute Gasteiger partial charge is 0.508 e. The van der Waals surface area contributed by atoms with E-state index in [4.69, 9.17) is 0 Å². The van der Waals surface area contributed by atoms with Gasteiger partial charge in [-0.15, -0.1) is 0 Å². The Bertz CT molecular complexity index is 1680. The van der Waals surface area contributed by atoms with Gasteiger partial charge in [0.05, 0.1) is 16.2 Å². The summed E-state index contributed by atoms with van der Waals surface area (Å²) in [6, 6.07) is 10.3. The first-order valence-corrected chi connectivity index (χ1v) is 11.9. The number of phenolic OH excluding ortho intramolecular Hbond substituents is 1. The third-order valence-corrected chi connectivity index (χ3v) is 7.83. The maximum Gasteiger partial charge on any atom is 0.347 e. The summed E-state index contributed by atoms with van der Waals surface area (Å²) < 4.78 is 4.10. The number of fused-ring (bicyclic) bond motifs is 4. The van der Waals surface area contributed by atoms with Crippen LogP contribution in [-0.2, 0) is 23.2 Å². The van der Waals surface area contributed by atoms with Gasteiger partial charge in [-0.05, 0) is 45.0 Å². The van der Waals surface area contributed by atoms with E-state index in [1.54, 1.807) is 12.1 Å². The molecule has 3 aromatic rings. The highest BCUT2D eigenvalue weighted by molar-refractivity contribution is 14.1. The van der Waals surface area contributed by atoms with Crippen molar-refractivity contribution in [3.8, 4) is 5.75 Å². The molecule has 8 nitrogen and oxygen atoms in total. The monoisotopic (exact) mass is 567 g/mol. The van der Waals surface area contributed by atoms with Crippen molar-refractivity contribution < 1.29 is 14.7 Å². The molecule has 170 valence electrons. The van der Waals surface area contributed by atoms with Crippen LogP contribution in [0.15, 0.2) is 78.4 Å². The summed E-state index contributed by atoms with van der Waals surface area (Å²) in [6.07, 6.45) is 3.29. The minimum atomic E-state index is -0.731. The number of aromatic hydroxyl groups is 1. The Hall–Kier alpha value is -3.47. The smallest absolute Gasteiger partial charge is 0.347 e. The second-order valence-corrected chi connectivity index (χ2v) is 9.87. The summed E-state index contributed by atoms with van der Waals surface area (Å²) in [6.45, 7) is 0.153. The van der Waals surface area contributed by atoms with Gasteiger partial charge in [0.2, 0.25) is 0 Å². The Labute approximate surface area is 206 Å². The number of nitrogens with zero attached hydrogens (tertiary/aromatic N) is 3. The molecule has 1 N–H and O–H groups in total. The van der Waals surface area contributed by atoms with Crippen LogP contribution in [0.25, 0.3) is 10.8 Å². The summed E-state index contributed by atoms with van der Waals surface area (Å²) >= 11 is 1.87. The zero-order chi connectivity index (χ0) is 23.9. The van der Waals surface area contributed by atoms with E-state index in [0.717, 1.165) is 20.9 Å². The van der Waals surface area contributed by atoms with Crippen LogP contribution in [0.5, 0.6) is 5.75 Å². The molecule has 2 aromatic carbocycles. The summed E-state index contributed by atoms with van der Waals surface area (Å²) in [5.41, 5.74) is 0.988. The van der Waals surface area contributed by atoms with E-state index < -0.39 is 23.3 Å². The third kappa shape index (κ3) is 2.70. The van der Waals surface area contributed by atoms with E-state index in [2.05, 4.69) is 0 Å². The molecule has 9 heteroatoms. The highest BCUT2D eigenvalue weighted by Gasteiger charge is 2.46. The highest BCUT2D eigenvalue weighted by atomic mass is 127. The number of benzene rings is 2. The molecule has 34 heavy (non-hydrogen) atoms. The maximum absolute atomic E-state index is 13.5. The quantitative estimate of drug-likeness (QED) is 0.277. The van der Waals surface area contributed by atoms with Gasteiger partial charge < -0.3 is 5.11 Å². The Morgan fingerprint density at radius 2 is 1.79 bits per heavy atom. The number of carbonyl (C=O) groups excluding carboxylic acids is 2. The molecule has 0 radical (unpaired) electrons. The van der Waals surface area contributed by atoms with Crippen LogP contribution in [0.3, 0.4) is 0 Å². The van der Waals surface area contributed by atoms with Gasteiger partial charge in [0.15, 0.2) is 11.6 Å². The van der Waals surface area contributed by atoms with Crippen molar-refractivity contribution in [3.63, 3.8) is 0 Å². The minimum absolute atomic E-state index is 0.00489. The number of ketones is 2. The summed E-state index contributed by atoms with van der Waals surface area (Å²) in [4.78, 5) is 52.2. The van der Waals surface area contributed by atoms with E-state index in [-0.39, 0.29) is 30.3 Å². The normalized spacial score (nSPS) is 21.7. The maximum atomic E-state index is 13.5. The molecule has 0 saturated carbocycles. The van der Waals surface area contributed by atoms with Crippen LogP contribution < -0.4 is 11.4 Å². The van der Waals surface area contributed by atoms with Crippen LogP contribution in [0.1, 0.15) is 23.9 Å². The molecule has 3 aliphatic rings. The topological polar surface area (TPSA) is 103 Å². The Morgan fingerprint density at radius 1 is 1.03 bits per heavy atom. The van der Waals surface area contributed by atoms with Crippen molar-refractivity contribution in [2.75, 3.05) is 0 Å². The zero-order valence-corrected chi connectivity index (χ0v) is 20.1. The van der Waals surface area contributed by atoms with Crippen LogP contribution >= 0.6 is 22.6 Å². The van der Waals surface area contributed by atoms with E-state index in [0.29, 0.717) is 20.3 Å². The molecule has 1 aromatic heterocycles. The standard InChI is InChI=1S/C25H18IN3O5/c1-27-24(33)28-9-8-14-17(29(28)25(27)34)10-15-19(31)11-16(26)23(32)22(15)21(14)20-13-5-3-2-4-12(13)6-7-18(20)30/h2-8,11,17,21,30H,9-10H2,1H3/t17-,21-/m1/s1. The summed E-state index contributed by atoms with van der Waals surface area (Å²) in [5, 5.41) is 12.7. The number of rotatable bonds is 1. The van der Waals surface area contributed by atoms with Gasteiger partial charge in [0.1, 0.15) is 5.75 Å². The van der Waals surface area contributed by atoms with Gasteiger partial charge in [-0.2, -0.15) is 0 Å². The average molecular weight is 567 g/mol. The van der Waals surface area contributed by atoms with Crippen LogP contribution in [-0.4, -0.2) is 30.6 Å². The lowest BCUT2D eigenvalue weighted by Gasteiger charge is -2.40. The lowest BCUT2D eigenvalue weighted by Crippen LogP contribution is -2.40. The highest BCUT2D eigenvalue weighted by Crippen LogP contribution is 2.53. The molecule has 2 heterocycles. The lowest BCUT2D eigenvalue weighted by atomic mass is 9.68. The van der Waals surface area contributed by atoms with Gasteiger partial charge >= 0.3 is 11.4 Å². The fraction of sp³-hybridized carbons (Fsp3) is 0.200. The average Bonchev–Trinajstić information content (AvgIpc) is 3.05. The first-order valence-electron chi connectivity index (χ1n) is 10.8. The molecule has 0 spiro atoms. The van der Waals surface area contributed by atoms with E-state index in [1.165, 1.54) is 22.5 Å². The molecule has 2 atom stereocenters. The van der Waals surface area contributed by atoms with Crippen LogP contribution in [0, 0.1) is 0 Å². The first kappa shape index (κ1) is 21.1. The second-order valence-electron chi connectivity index (χ2n) is 8.71. The van der Waals surface area contributed by atoms with Crippen LogP contribution in [0.2, 0.25) is 0 Å². The molecule has 0 amide bonds. The SMILES string of the molecule is Cn1c(=O)n2n(c1=O)[C@@H]1CC3=C(C(=O)C(I)=CC3=O)[C@@H](c3c(O)ccc4ccccc34)C1=CC2. The van der Waals surface area contributed by atoms with E-state index >= 15 is 0 Å². The predicted octanol–water partition coefficient (Wildman–Crippen LogP) is 2.64. The van der Waals surface area contributed by atoms with Gasteiger partial charge in [0, 0.05) is 42.2 Å². The summed E-state index contributed by atoms with van der Waals surface area (Å²) in [5.74, 6) is -1.27. The molecule has 1 aliphatic heterocycles. The van der Waals surface area contributed by atoms with Crippen LogP contribution in [0.4, 0.5) is 0 Å². The fourth-order valence-electron chi connectivity index (χ4n) is 5.50. The Kier molecular flexibility index (Phi) is 4.50. The molecule has 0 fully saturated rings. The number of hydrogen-bond donors (Lipinski definition) is 1. The number of hydrogen-bond acceptors (Lipinski definition) is 5. The van der Waals surface area contributed by atoms with E-state index in [9.17, 15) is 24.3 Å². The van der Waals surface area contributed by atoms with Gasteiger partial charge in [-0.1, -0.05) is 36.4 Å². The number of carbonyl (C=O) groups is 2. The number of Topliss-reactive ketones (excluding diaryl/α,β-unsaturated/α-hetero) is 1. The van der Waals surface area contributed by atoms with E-state index in [1.807, 2.05) is 52.9 Å². The van der Waals surface area contributed by atoms with Crippen molar-refractivity contribution in [1.82, 2.24) is 13.9 Å². The van der Waals surface area contributed by atoms with Crippen molar-refractivity contribution in [2.45, 2.75) is 24.9 Å². The Balaban J connectivity index is 1.70.